The van der Waals surface area contributed by atoms with E-state index in [1.165, 1.54) is 11.3 Å². The summed E-state index contributed by atoms with van der Waals surface area (Å²) in [6, 6.07) is 1.95. The second-order valence-electron chi connectivity index (χ2n) is 3.43. The van der Waals surface area contributed by atoms with Gasteiger partial charge in [-0.15, -0.1) is 11.3 Å². The van der Waals surface area contributed by atoms with Crippen molar-refractivity contribution in [1.29, 1.82) is 0 Å². The van der Waals surface area contributed by atoms with E-state index in [2.05, 4.69) is 10.6 Å². The summed E-state index contributed by atoms with van der Waals surface area (Å²) in [5.74, 6) is 0.0149. The Bertz CT molecular complexity index is 326. The van der Waals surface area contributed by atoms with Crippen molar-refractivity contribution in [3.8, 4) is 0 Å². The lowest BCUT2D eigenvalue weighted by atomic mass is 10.3. The van der Waals surface area contributed by atoms with Crippen LogP contribution in [-0.4, -0.2) is 39.3 Å². The van der Waals surface area contributed by atoms with E-state index in [0.717, 1.165) is 23.5 Å². The van der Waals surface area contributed by atoms with E-state index in [-0.39, 0.29) is 5.91 Å². The third-order valence-corrected chi connectivity index (χ3v) is 3.15. The summed E-state index contributed by atoms with van der Waals surface area (Å²) >= 11 is 1.48. The van der Waals surface area contributed by atoms with Gasteiger partial charge in [0.2, 0.25) is 0 Å². The molecule has 1 rings (SSSR count). The first-order valence-electron chi connectivity index (χ1n) is 5.27. The quantitative estimate of drug-likeness (QED) is 0.702. The van der Waals surface area contributed by atoms with Crippen molar-refractivity contribution in [2.75, 3.05) is 33.4 Å². The van der Waals surface area contributed by atoms with Gasteiger partial charge in [-0.2, -0.15) is 0 Å². The number of carbonyl (C=O) groups excluding carboxylic acids is 1. The number of ether oxygens (including phenoxy) is 1. The number of amides is 1. The van der Waals surface area contributed by atoms with E-state index in [9.17, 15) is 4.79 Å². The van der Waals surface area contributed by atoms with Gasteiger partial charge in [-0.05, 0) is 23.9 Å². The van der Waals surface area contributed by atoms with Crippen molar-refractivity contribution < 1.29 is 9.53 Å². The molecule has 5 heteroatoms. The molecule has 0 saturated heterocycles. The highest BCUT2D eigenvalue weighted by molar-refractivity contribution is 7.12. The lowest BCUT2D eigenvalue weighted by Crippen LogP contribution is -2.32. The smallest absolute Gasteiger partial charge is 0.261 e. The average Bonchev–Trinajstić information content (AvgIpc) is 2.69. The van der Waals surface area contributed by atoms with E-state index < -0.39 is 0 Å². The Hall–Kier alpha value is -0.910. The molecule has 0 bridgehead atoms. The molecule has 0 radical (unpaired) electrons. The Labute approximate surface area is 100 Å². The maximum absolute atomic E-state index is 11.7. The van der Waals surface area contributed by atoms with Crippen LogP contribution in [0.5, 0.6) is 0 Å². The van der Waals surface area contributed by atoms with Crippen LogP contribution in [-0.2, 0) is 4.74 Å². The van der Waals surface area contributed by atoms with Crippen molar-refractivity contribution in [2.45, 2.75) is 6.92 Å². The minimum Gasteiger partial charge on any atom is -0.383 e. The molecule has 0 fully saturated rings. The zero-order valence-corrected chi connectivity index (χ0v) is 10.5. The summed E-state index contributed by atoms with van der Waals surface area (Å²) in [7, 11) is 1.67. The molecule has 0 unspecified atom stereocenters. The Balaban J connectivity index is 2.14. The van der Waals surface area contributed by atoms with Gasteiger partial charge >= 0.3 is 0 Å². The van der Waals surface area contributed by atoms with Gasteiger partial charge in [-0.1, -0.05) is 0 Å². The number of rotatable bonds is 7. The van der Waals surface area contributed by atoms with Crippen molar-refractivity contribution in [3.05, 3.63) is 21.9 Å². The fourth-order valence-corrected chi connectivity index (χ4v) is 2.09. The average molecular weight is 242 g/mol. The fourth-order valence-electron chi connectivity index (χ4n) is 1.25. The first-order valence-corrected chi connectivity index (χ1v) is 6.15. The van der Waals surface area contributed by atoms with E-state index in [1.54, 1.807) is 7.11 Å². The lowest BCUT2D eigenvalue weighted by molar-refractivity contribution is 0.0957. The summed E-state index contributed by atoms with van der Waals surface area (Å²) in [6.45, 7) is 4.85. The number of nitrogens with one attached hydrogen (secondary N) is 2. The molecule has 4 nitrogen and oxygen atoms in total. The molecule has 16 heavy (non-hydrogen) atoms. The van der Waals surface area contributed by atoms with Gasteiger partial charge in [0.05, 0.1) is 11.5 Å². The SMILES string of the molecule is COCCNCCNC(=O)c1sccc1C. The third-order valence-electron chi connectivity index (χ3n) is 2.14. The molecule has 1 aromatic heterocycles. The number of methoxy groups -OCH3 is 1. The van der Waals surface area contributed by atoms with Gasteiger partial charge in [0, 0.05) is 26.7 Å². The van der Waals surface area contributed by atoms with E-state index in [0.29, 0.717) is 13.2 Å². The predicted octanol–water partition coefficient (Wildman–Crippen LogP) is 1.02. The predicted molar refractivity (Wildman–Crippen MR) is 66.1 cm³/mol. The number of hydrogen-bond acceptors (Lipinski definition) is 4. The van der Waals surface area contributed by atoms with Gasteiger partial charge in [0.1, 0.15) is 0 Å². The van der Waals surface area contributed by atoms with Crippen LogP contribution in [0.1, 0.15) is 15.2 Å². The van der Waals surface area contributed by atoms with Gasteiger partial charge in [-0.3, -0.25) is 4.79 Å². The Kier molecular flexibility index (Phi) is 6.07. The molecule has 1 aromatic rings. The van der Waals surface area contributed by atoms with Gasteiger partial charge < -0.3 is 15.4 Å². The van der Waals surface area contributed by atoms with Crippen LogP contribution in [0.2, 0.25) is 0 Å². The Morgan fingerprint density at radius 1 is 1.44 bits per heavy atom. The normalized spacial score (nSPS) is 10.4. The number of hydrogen-bond donors (Lipinski definition) is 2. The maximum atomic E-state index is 11.7. The van der Waals surface area contributed by atoms with E-state index >= 15 is 0 Å². The fraction of sp³-hybridized carbons (Fsp3) is 0.545. The maximum Gasteiger partial charge on any atom is 0.261 e. The van der Waals surface area contributed by atoms with Gasteiger partial charge in [0.15, 0.2) is 0 Å². The van der Waals surface area contributed by atoms with Gasteiger partial charge in [-0.25, -0.2) is 0 Å². The van der Waals surface area contributed by atoms with Crippen molar-refractivity contribution in [2.24, 2.45) is 0 Å². The van der Waals surface area contributed by atoms with Crippen LogP contribution in [0, 0.1) is 6.92 Å². The highest BCUT2D eigenvalue weighted by Gasteiger charge is 2.08. The van der Waals surface area contributed by atoms with Gasteiger partial charge in [0.25, 0.3) is 5.91 Å². The zero-order valence-electron chi connectivity index (χ0n) is 9.71. The largest absolute Gasteiger partial charge is 0.383 e. The molecule has 0 aromatic carbocycles. The molecular weight excluding hydrogens is 224 g/mol. The molecule has 0 saturated carbocycles. The first-order chi connectivity index (χ1) is 7.75. The molecule has 0 aliphatic rings. The summed E-state index contributed by atoms with van der Waals surface area (Å²) in [4.78, 5) is 12.5. The van der Waals surface area contributed by atoms with Crippen molar-refractivity contribution in [3.63, 3.8) is 0 Å². The summed E-state index contributed by atoms with van der Waals surface area (Å²) in [5.41, 5.74) is 1.04. The number of thiophene rings is 1. The minimum absolute atomic E-state index is 0.0149. The highest BCUT2D eigenvalue weighted by Crippen LogP contribution is 2.14. The third kappa shape index (κ3) is 4.30. The Morgan fingerprint density at radius 3 is 2.88 bits per heavy atom. The van der Waals surface area contributed by atoms with Crippen molar-refractivity contribution in [1.82, 2.24) is 10.6 Å². The van der Waals surface area contributed by atoms with E-state index in [4.69, 9.17) is 4.74 Å². The molecule has 1 heterocycles. The molecule has 0 aliphatic heterocycles. The van der Waals surface area contributed by atoms with Crippen LogP contribution >= 0.6 is 11.3 Å². The molecule has 1 amide bonds. The highest BCUT2D eigenvalue weighted by atomic mass is 32.1. The van der Waals surface area contributed by atoms with Crippen LogP contribution in [0.4, 0.5) is 0 Å². The second kappa shape index (κ2) is 7.38. The molecule has 0 spiro atoms. The molecule has 0 atom stereocenters. The molecule has 90 valence electrons. The molecule has 2 N–H and O–H groups in total. The zero-order chi connectivity index (χ0) is 11.8. The molecular formula is C11H18N2O2S. The summed E-state index contributed by atoms with van der Waals surface area (Å²) in [5, 5.41) is 7.97. The van der Waals surface area contributed by atoms with Crippen molar-refractivity contribution >= 4 is 17.2 Å². The van der Waals surface area contributed by atoms with Crippen LogP contribution in [0.25, 0.3) is 0 Å². The number of aryl methyl sites for hydroxylation is 1. The molecule has 0 aliphatic carbocycles. The first kappa shape index (κ1) is 13.2. The Morgan fingerprint density at radius 2 is 2.25 bits per heavy atom. The second-order valence-corrected chi connectivity index (χ2v) is 4.35. The van der Waals surface area contributed by atoms with Crippen LogP contribution in [0.3, 0.4) is 0 Å². The topological polar surface area (TPSA) is 50.4 Å². The van der Waals surface area contributed by atoms with Crippen LogP contribution in [0.15, 0.2) is 11.4 Å². The summed E-state index contributed by atoms with van der Waals surface area (Å²) < 4.78 is 4.90. The van der Waals surface area contributed by atoms with Crippen LogP contribution < -0.4 is 10.6 Å². The van der Waals surface area contributed by atoms with E-state index in [1.807, 2.05) is 18.4 Å². The minimum atomic E-state index is 0.0149. The number of carbonyl (C=O) groups is 1. The monoisotopic (exact) mass is 242 g/mol. The lowest BCUT2D eigenvalue weighted by Gasteiger charge is -2.05. The standard InChI is InChI=1S/C11H18N2O2S/c1-9-3-8-16-10(9)11(14)13-5-4-12-6-7-15-2/h3,8,12H,4-7H2,1-2H3,(H,13,14). The summed E-state index contributed by atoms with van der Waals surface area (Å²) in [6.07, 6.45) is 0.